The fourth-order valence-electron chi connectivity index (χ4n) is 2.90. The van der Waals surface area contributed by atoms with E-state index >= 15 is 0 Å². The van der Waals surface area contributed by atoms with E-state index in [4.69, 9.17) is 0 Å². The Balaban J connectivity index is 1.77. The van der Waals surface area contributed by atoms with Crippen LogP contribution in [0.25, 0.3) is 0 Å². The van der Waals surface area contributed by atoms with Crippen molar-refractivity contribution in [2.75, 3.05) is 23.8 Å². The van der Waals surface area contributed by atoms with E-state index in [9.17, 15) is 14.0 Å². The van der Waals surface area contributed by atoms with Gasteiger partial charge in [-0.15, -0.1) is 0 Å². The van der Waals surface area contributed by atoms with Crippen molar-refractivity contribution in [3.8, 4) is 0 Å². The lowest BCUT2D eigenvalue weighted by Crippen LogP contribution is -2.50. The molecule has 0 aromatic heterocycles. The predicted octanol–water partition coefficient (Wildman–Crippen LogP) is 2.63. The van der Waals surface area contributed by atoms with Crippen LogP contribution in [0.15, 0.2) is 48.5 Å². The summed E-state index contributed by atoms with van der Waals surface area (Å²) in [5.74, 6) is -0.681. The Hall–Kier alpha value is -2.73. The number of nitrogens with zero attached hydrogens (tertiary/aromatic N) is 2. The fraction of sp³-hybridized carbons (Fsp3) is 0.263. The number of nitrogens with one attached hydrogen (secondary N) is 1. The summed E-state index contributed by atoms with van der Waals surface area (Å²) in [5, 5.41) is 2.77. The van der Waals surface area contributed by atoms with Gasteiger partial charge in [0.05, 0.1) is 17.4 Å². The summed E-state index contributed by atoms with van der Waals surface area (Å²) in [6, 6.07) is 13.1. The van der Waals surface area contributed by atoms with Crippen LogP contribution in [0, 0.1) is 5.82 Å². The summed E-state index contributed by atoms with van der Waals surface area (Å²) < 4.78 is 13.3. The second-order valence-corrected chi connectivity index (χ2v) is 6.21. The number of fused-ring (bicyclic) bond motifs is 1. The molecular formula is C19H20FN3O2. The topological polar surface area (TPSA) is 52.7 Å². The molecule has 0 aliphatic carbocycles. The smallest absolute Gasteiger partial charge is 0.244 e. The molecule has 2 amide bonds. The third-order valence-corrected chi connectivity index (χ3v) is 4.38. The maximum Gasteiger partial charge on any atom is 0.244 e. The third kappa shape index (κ3) is 3.69. The van der Waals surface area contributed by atoms with Crippen LogP contribution in [0.1, 0.15) is 12.5 Å². The monoisotopic (exact) mass is 341 g/mol. The number of amides is 2. The minimum Gasteiger partial charge on any atom is -0.323 e. The molecule has 1 atom stereocenters. The highest BCUT2D eigenvalue weighted by Gasteiger charge is 2.31. The first-order chi connectivity index (χ1) is 12.0. The van der Waals surface area contributed by atoms with Crippen LogP contribution in [0.3, 0.4) is 0 Å². The zero-order valence-electron chi connectivity index (χ0n) is 14.2. The number of para-hydroxylation sites is 2. The first kappa shape index (κ1) is 17.1. The molecule has 130 valence electrons. The van der Waals surface area contributed by atoms with Gasteiger partial charge in [-0.3, -0.25) is 19.4 Å². The zero-order chi connectivity index (χ0) is 18.0. The number of likely N-dealkylation sites (N-methyl/N-ethyl adjacent to an activating group) is 1. The molecule has 3 rings (SSSR count). The Morgan fingerprint density at radius 2 is 2.04 bits per heavy atom. The Morgan fingerprint density at radius 3 is 2.80 bits per heavy atom. The zero-order valence-corrected chi connectivity index (χ0v) is 14.2. The van der Waals surface area contributed by atoms with E-state index < -0.39 is 6.04 Å². The summed E-state index contributed by atoms with van der Waals surface area (Å²) >= 11 is 0. The molecule has 2 aromatic rings. The first-order valence-electron chi connectivity index (χ1n) is 8.10. The van der Waals surface area contributed by atoms with Crippen LogP contribution in [0.5, 0.6) is 0 Å². The quantitative estimate of drug-likeness (QED) is 0.930. The lowest BCUT2D eigenvalue weighted by atomic mass is 10.1. The van der Waals surface area contributed by atoms with Crippen molar-refractivity contribution in [2.24, 2.45) is 0 Å². The lowest BCUT2D eigenvalue weighted by molar-refractivity contribution is -0.125. The number of anilines is 2. The molecule has 5 nitrogen and oxygen atoms in total. The minimum atomic E-state index is -0.456. The lowest BCUT2D eigenvalue weighted by Gasteiger charge is -2.33. The van der Waals surface area contributed by atoms with Gasteiger partial charge >= 0.3 is 0 Å². The second-order valence-electron chi connectivity index (χ2n) is 6.21. The standard InChI is InChI=1S/C19H20FN3O2/c1-13(22(2)11-14-6-5-7-15(20)10-14)19(25)23-12-18(24)21-16-8-3-4-9-17(16)23/h3-10,13H,11-12H2,1-2H3,(H,21,24)/t13-/m1/s1. The van der Waals surface area contributed by atoms with Gasteiger partial charge in [0.25, 0.3) is 0 Å². The van der Waals surface area contributed by atoms with Crippen molar-refractivity contribution in [1.29, 1.82) is 0 Å². The van der Waals surface area contributed by atoms with Crippen molar-refractivity contribution in [2.45, 2.75) is 19.5 Å². The molecule has 1 heterocycles. The van der Waals surface area contributed by atoms with Crippen molar-refractivity contribution in [3.05, 3.63) is 59.9 Å². The van der Waals surface area contributed by atoms with E-state index in [1.54, 1.807) is 19.1 Å². The van der Waals surface area contributed by atoms with E-state index in [1.807, 2.05) is 36.2 Å². The van der Waals surface area contributed by atoms with Crippen molar-refractivity contribution >= 4 is 23.2 Å². The van der Waals surface area contributed by atoms with Gasteiger partial charge in [-0.05, 0) is 43.8 Å². The molecule has 0 spiro atoms. The summed E-state index contributed by atoms with van der Waals surface area (Å²) in [7, 11) is 1.81. The van der Waals surface area contributed by atoms with Crippen molar-refractivity contribution in [1.82, 2.24) is 4.90 Å². The number of halogens is 1. The highest BCUT2D eigenvalue weighted by molar-refractivity contribution is 6.11. The molecule has 1 aliphatic rings. The summed E-state index contributed by atoms with van der Waals surface area (Å²) in [6.07, 6.45) is 0. The van der Waals surface area contributed by atoms with Gasteiger partial charge in [-0.2, -0.15) is 0 Å². The molecular weight excluding hydrogens is 321 g/mol. The highest BCUT2D eigenvalue weighted by Crippen LogP contribution is 2.29. The van der Waals surface area contributed by atoms with Gasteiger partial charge in [-0.1, -0.05) is 24.3 Å². The Morgan fingerprint density at radius 1 is 1.28 bits per heavy atom. The van der Waals surface area contributed by atoms with E-state index in [0.717, 1.165) is 5.56 Å². The third-order valence-electron chi connectivity index (χ3n) is 4.38. The number of hydrogen-bond donors (Lipinski definition) is 1. The van der Waals surface area contributed by atoms with Gasteiger partial charge in [0.2, 0.25) is 11.8 Å². The second kappa shape index (κ2) is 7.03. The van der Waals surface area contributed by atoms with E-state index in [2.05, 4.69) is 5.32 Å². The van der Waals surface area contributed by atoms with Gasteiger partial charge in [0.1, 0.15) is 12.4 Å². The normalized spacial score (nSPS) is 14.9. The number of benzene rings is 2. The average Bonchev–Trinajstić information content (AvgIpc) is 2.59. The maximum atomic E-state index is 13.3. The molecule has 25 heavy (non-hydrogen) atoms. The molecule has 0 fully saturated rings. The van der Waals surface area contributed by atoms with Gasteiger partial charge in [0.15, 0.2) is 0 Å². The number of hydrogen-bond acceptors (Lipinski definition) is 3. The van der Waals surface area contributed by atoms with Crippen LogP contribution in [-0.2, 0) is 16.1 Å². The molecule has 6 heteroatoms. The van der Waals surface area contributed by atoms with E-state index in [-0.39, 0.29) is 24.2 Å². The van der Waals surface area contributed by atoms with Crippen molar-refractivity contribution in [3.63, 3.8) is 0 Å². The number of carbonyl (C=O) groups excluding carboxylic acids is 2. The Labute approximate surface area is 146 Å². The van der Waals surface area contributed by atoms with E-state index in [0.29, 0.717) is 17.9 Å². The fourth-order valence-corrected chi connectivity index (χ4v) is 2.90. The van der Waals surface area contributed by atoms with Crippen LogP contribution in [0.2, 0.25) is 0 Å². The van der Waals surface area contributed by atoms with Crippen LogP contribution < -0.4 is 10.2 Å². The molecule has 0 bridgehead atoms. The molecule has 1 N–H and O–H groups in total. The Kier molecular flexibility index (Phi) is 4.81. The number of rotatable bonds is 4. The summed E-state index contributed by atoms with van der Waals surface area (Å²) in [4.78, 5) is 28.2. The maximum absolute atomic E-state index is 13.3. The number of carbonyl (C=O) groups is 2. The van der Waals surface area contributed by atoms with E-state index in [1.165, 1.54) is 17.0 Å². The van der Waals surface area contributed by atoms with Gasteiger partial charge in [0, 0.05) is 6.54 Å². The minimum absolute atomic E-state index is 0.00596. The van der Waals surface area contributed by atoms with Crippen LogP contribution >= 0.6 is 0 Å². The van der Waals surface area contributed by atoms with Crippen LogP contribution in [0.4, 0.5) is 15.8 Å². The molecule has 0 saturated carbocycles. The molecule has 0 radical (unpaired) electrons. The molecule has 0 saturated heterocycles. The molecule has 1 aliphatic heterocycles. The SMILES string of the molecule is C[C@H](C(=O)N1CC(=O)Nc2ccccc21)N(C)Cc1cccc(F)c1. The highest BCUT2D eigenvalue weighted by atomic mass is 19.1. The van der Waals surface area contributed by atoms with Crippen molar-refractivity contribution < 1.29 is 14.0 Å². The molecule has 2 aromatic carbocycles. The first-order valence-corrected chi connectivity index (χ1v) is 8.10. The van der Waals surface area contributed by atoms with Crippen LogP contribution in [-0.4, -0.2) is 36.3 Å². The van der Waals surface area contributed by atoms with Gasteiger partial charge in [-0.25, -0.2) is 4.39 Å². The molecule has 0 unspecified atom stereocenters. The van der Waals surface area contributed by atoms with Gasteiger partial charge < -0.3 is 5.32 Å². The summed E-state index contributed by atoms with van der Waals surface area (Å²) in [5.41, 5.74) is 2.11. The summed E-state index contributed by atoms with van der Waals surface area (Å²) in [6.45, 7) is 2.22. The average molecular weight is 341 g/mol. The Bertz CT molecular complexity index is 809. The predicted molar refractivity (Wildman–Crippen MR) is 94.8 cm³/mol. The largest absolute Gasteiger partial charge is 0.323 e.